The van der Waals surface area contributed by atoms with E-state index in [2.05, 4.69) is 45.1 Å². The Balaban J connectivity index is 1.62. The van der Waals surface area contributed by atoms with Gasteiger partial charge < -0.3 is 15.5 Å². The van der Waals surface area contributed by atoms with E-state index in [1.807, 2.05) is 18.4 Å². The molecule has 1 aliphatic rings. The third-order valence-electron chi connectivity index (χ3n) is 3.86. The number of likely N-dealkylation sites (tertiary alicyclic amines) is 1. The number of rotatable bonds is 5. The van der Waals surface area contributed by atoms with E-state index < -0.39 is 0 Å². The van der Waals surface area contributed by atoms with Crippen molar-refractivity contribution in [3.8, 4) is 0 Å². The highest BCUT2D eigenvalue weighted by molar-refractivity contribution is 7.09. The van der Waals surface area contributed by atoms with Crippen LogP contribution in [-0.4, -0.2) is 51.1 Å². The molecule has 4 nitrogen and oxygen atoms in total. The Labute approximate surface area is 126 Å². The third kappa shape index (κ3) is 5.13. The lowest BCUT2D eigenvalue weighted by Gasteiger charge is -2.29. The van der Waals surface area contributed by atoms with E-state index in [0.29, 0.717) is 0 Å². The lowest BCUT2D eigenvalue weighted by molar-refractivity contribution is 0.220. The monoisotopic (exact) mass is 294 g/mol. The van der Waals surface area contributed by atoms with Crippen LogP contribution >= 0.6 is 11.3 Å². The summed E-state index contributed by atoms with van der Waals surface area (Å²) in [6, 6.07) is 4.29. The minimum atomic E-state index is 0.780. The molecule has 0 atom stereocenters. The molecule has 2 N–H and O–H groups in total. The van der Waals surface area contributed by atoms with Crippen LogP contribution in [0.15, 0.2) is 22.5 Å². The van der Waals surface area contributed by atoms with E-state index >= 15 is 0 Å². The highest BCUT2D eigenvalue weighted by atomic mass is 32.1. The topological polar surface area (TPSA) is 39.7 Å². The largest absolute Gasteiger partial charge is 0.356 e. The van der Waals surface area contributed by atoms with Gasteiger partial charge in [0, 0.05) is 25.0 Å². The first-order valence-corrected chi connectivity index (χ1v) is 8.31. The molecular formula is C15H26N4S. The van der Waals surface area contributed by atoms with Crippen LogP contribution in [0.1, 0.15) is 17.7 Å². The average molecular weight is 294 g/mol. The molecule has 20 heavy (non-hydrogen) atoms. The lowest BCUT2D eigenvalue weighted by atomic mass is 9.97. The van der Waals surface area contributed by atoms with Crippen molar-refractivity contribution in [1.82, 2.24) is 15.5 Å². The molecule has 0 spiro atoms. The number of hydrogen-bond donors (Lipinski definition) is 2. The Bertz CT molecular complexity index is 394. The normalized spacial score (nSPS) is 18.2. The zero-order valence-electron chi connectivity index (χ0n) is 12.6. The van der Waals surface area contributed by atoms with Gasteiger partial charge in [-0.1, -0.05) is 6.07 Å². The highest BCUT2D eigenvalue weighted by Gasteiger charge is 2.16. The molecule has 112 valence electrons. The molecule has 0 bridgehead atoms. The van der Waals surface area contributed by atoms with Gasteiger partial charge in [0.25, 0.3) is 0 Å². The summed E-state index contributed by atoms with van der Waals surface area (Å²) in [6.45, 7) is 4.41. The summed E-state index contributed by atoms with van der Waals surface area (Å²) < 4.78 is 0. The molecule has 1 aliphatic heterocycles. The number of nitrogens with zero attached hydrogens (tertiary/aromatic N) is 2. The summed E-state index contributed by atoms with van der Waals surface area (Å²) in [5, 5.41) is 8.98. The molecule has 1 aromatic heterocycles. The van der Waals surface area contributed by atoms with E-state index in [9.17, 15) is 0 Å². The van der Waals surface area contributed by atoms with Crippen LogP contribution in [0, 0.1) is 5.92 Å². The highest BCUT2D eigenvalue weighted by Crippen LogP contribution is 2.14. The van der Waals surface area contributed by atoms with Gasteiger partial charge in [0.05, 0.1) is 0 Å². The summed E-state index contributed by atoms with van der Waals surface area (Å²) in [6.07, 6.45) is 3.64. The number of nitrogens with one attached hydrogen (secondary N) is 2. The Morgan fingerprint density at radius 3 is 2.85 bits per heavy atom. The van der Waals surface area contributed by atoms with Crippen LogP contribution < -0.4 is 10.6 Å². The van der Waals surface area contributed by atoms with E-state index in [4.69, 9.17) is 0 Å². The maximum absolute atomic E-state index is 4.29. The fourth-order valence-corrected chi connectivity index (χ4v) is 3.20. The Morgan fingerprint density at radius 2 is 2.20 bits per heavy atom. The van der Waals surface area contributed by atoms with Crippen molar-refractivity contribution in [2.75, 3.05) is 40.3 Å². The molecule has 0 radical (unpaired) electrons. The smallest absolute Gasteiger partial charge is 0.190 e. The van der Waals surface area contributed by atoms with Gasteiger partial charge in [0.2, 0.25) is 0 Å². The quantitative estimate of drug-likeness (QED) is 0.642. The van der Waals surface area contributed by atoms with Crippen molar-refractivity contribution in [2.45, 2.75) is 19.3 Å². The van der Waals surface area contributed by atoms with Gasteiger partial charge in [-0.05, 0) is 56.8 Å². The van der Waals surface area contributed by atoms with Gasteiger partial charge >= 0.3 is 0 Å². The zero-order valence-corrected chi connectivity index (χ0v) is 13.4. The molecule has 5 heteroatoms. The fraction of sp³-hybridized carbons (Fsp3) is 0.667. The van der Waals surface area contributed by atoms with Gasteiger partial charge in [-0.25, -0.2) is 0 Å². The standard InChI is InChI=1S/C15H26N4S/c1-16-15(17-8-5-14-4-3-11-20-14)18-12-13-6-9-19(2)10-7-13/h3-4,11,13H,5-10,12H2,1-2H3,(H2,16,17,18). The van der Waals surface area contributed by atoms with Gasteiger partial charge in [0.1, 0.15) is 0 Å². The predicted molar refractivity (Wildman–Crippen MR) is 87.6 cm³/mol. The van der Waals surface area contributed by atoms with Crippen molar-refractivity contribution < 1.29 is 0 Å². The number of thiophene rings is 1. The van der Waals surface area contributed by atoms with Crippen LogP contribution in [0.25, 0.3) is 0 Å². The minimum absolute atomic E-state index is 0.780. The van der Waals surface area contributed by atoms with Gasteiger partial charge in [0.15, 0.2) is 5.96 Å². The molecule has 0 aromatic carbocycles. The first-order chi connectivity index (χ1) is 9.78. The fourth-order valence-electron chi connectivity index (χ4n) is 2.49. The van der Waals surface area contributed by atoms with Gasteiger partial charge in [-0.3, -0.25) is 4.99 Å². The molecule has 2 rings (SSSR count). The van der Waals surface area contributed by atoms with Crippen molar-refractivity contribution >= 4 is 17.3 Å². The van der Waals surface area contributed by atoms with E-state index in [1.165, 1.54) is 30.8 Å². The molecule has 0 unspecified atom stereocenters. The number of aliphatic imine (C=N–C) groups is 1. The van der Waals surface area contributed by atoms with Crippen molar-refractivity contribution in [3.05, 3.63) is 22.4 Å². The second kappa shape index (κ2) is 8.27. The van der Waals surface area contributed by atoms with E-state index in [-0.39, 0.29) is 0 Å². The maximum Gasteiger partial charge on any atom is 0.190 e. The van der Waals surface area contributed by atoms with Crippen LogP contribution in [0.4, 0.5) is 0 Å². The molecule has 1 fully saturated rings. The molecule has 0 amide bonds. The average Bonchev–Trinajstić information content (AvgIpc) is 2.97. The van der Waals surface area contributed by atoms with Crippen LogP contribution in [0.2, 0.25) is 0 Å². The van der Waals surface area contributed by atoms with Crippen molar-refractivity contribution in [3.63, 3.8) is 0 Å². The zero-order chi connectivity index (χ0) is 14.2. The van der Waals surface area contributed by atoms with E-state index in [1.54, 1.807) is 0 Å². The molecule has 0 aliphatic carbocycles. The number of guanidine groups is 1. The lowest BCUT2D eigenvalue weighted by Crippen LogP contribution is -2.42. The third-order valence-corrected chi connectivity index (χ3v) is 4.80. The minimum Gasteiger partial charge on any atom is -0.356 e. The SMILES string of the molecule is CN=C(NCCc1cccs1)NCC1CCN(C)CC1. The summed E-state index contributed by atoms with van der Waals surface area (Å²) in [5.41, 5.74) is 0. The number of hydrogen-bond acceptors (Lipinski definition) is 3. The molecule has 1 saturated heterocycles. The molecule has 0 saturated carbocycles. The van der Waals surface area contributed by atoms with E-state index in [0.717, 1.165) is 31.4 Å². The second-order valence-electron chi connectivity index (χ2n) is 5.46. The summed E-state index contributed by atoms with van der Waals surface area (Å²) in [5.74, 6) is 1.71. The molecule has 2 heterocycles. The van der Waals surface area contributed by atoms with Crippen LogP contribution in [-0.2, 0) is 6.42 Å². The molecular weight excluding hydrogens is 268 g/mol. The second-order valence-corrected chi connectivity index (χ2v) is 6.49. The summed E-state index contributed by atoms with van der Waals surface area (Å²) in [4.78, 5) is 8.12. The van der Waals surface area contributed by atoms with Gasteiger partial charge in [-0.2, -0.15) is 0 Å². The van der Waals surface area contributed by atoms with Crippen molar-refractivity contribution in [1.29, 1.82) is 0 Å². The summed E-state index contributed by atoms with van der Waals surface area (Å²) >= 11 is 1.81. The predicted octanol–water partition coefficient (Wildman–Crippen LogP) is 1.80. The molecule has 1 aromatic rings. The van der Waals surface area contributed by atoms with Crippen molar-refractivity contribution in [2.24, 2.45) is 10.9 Å². The summed E-state index contributed by atoms with van der Waals surface area (Å²) in [7, 11) is 4.05. The Morgan fingerprint density at radius 1 is 1.40 bits per heavy atom. The van der Waals surface area contributed by atoms with Crippen LogP contribution in [0.3, 0.4) is 0 Å². The van der Waals surface area contributed by atoms with Crippen LogP contribution in [0.5, 0.6) is 0 Å². The number of piperidine rings is 1. The Hall–Kier alpha value is -1.07. The maximum atomic E-state index is 4.29. The Kier molecular flexibility index (Phi) is 6.33. The first kappa shape index (κ1) is 15.3. The first-order valence-electron chi connectivity index (χ1n) is 7.43. The van der Waals surface area contributed by atoms with Gasteiger partial charge in [-0.15, -0.1) is 11.3 Å².